The Morgan fingerprint density at radius 3 is 2.38 bits per heavy atom. The van der Waals surface area contributed by atoms with Gasteiger partial charge in [0, 0.05) is 7.05 Å². The molecule has 2 saturated heterocycles. The maximum atomic E-state index is 11.2. The van der Waals surface area contributed by atoms with Crippen molar-refractivity contribution in [2.75, 3.05) is 7.05 Å². The summed E-state index contributed by atoms with van der Waals surface area (Å²) in [5, 5.41) is 7.04. The van der Waals surface area contributed by atoms with Gasteiger partial charge in [0.1, 0.15) is 0 Å². The number of carbonyl (C=O) groups excluding carboxylic acids is 2. The third kappa shape index (κ3) is 0.711. The minimum absolute atomic E-state index is 0.447. The Hall–Kier alpha value is -1.54. The Bertz CT molecular complexity index is 305. The Labute approximate surface area is 73.6 Å². The van der Waals surface area contributed by atoms with Gasteiger partial charge in [0.15, 0.2) is 0 Å². The fourth-order valence-electron chi connectivity index (χ4n) is 1.46. The van der Waals surface area contributed by atoms with Crippen LogP contribution in [-0.4, -0.2) is 35.6 Å². The molecule has 2 heterocycles. The van der Waals surface area contributed by atoms with Crippen LogP contribution in [0, 0.1) is 0 Å². The highest BCUT2D eigenvalue weighted by molar-refractivity contribution is 5.87. The summed E-state index contributed by atoms with van der Waals surface area (Å²) >= 11 is 0. The van der Waals surface area contributed by atoms with Gasteiger partial charge in [-0.2, -0.15) is 0 Å². The zero-order valence-electron chi connectivity index (χ0n) is 6.92. The first-order valence-corrected chi connectivity index (χ1v) is 3.63. The SMILES string of the molecule is CN1C(=O)NC2(N)NC(=O)NC12N. The van der Waals surface area contributed by atoms with Crippen molar-refractivity contribution in [2.24, 2.45) is 11.5 Å². The number of nitrogens with two attached hydrogens (primary N) is 2. The molecule has 0 aromatic carbocycles. The minimum Gasteiger partial charge on any atom is -0.298 e. The largest absolute Gasteiger partial charge is 0.323 e. The van der Waals surface area contributed by atoms with Crippen molar-refractivity contribution in [3.8, 4) is 0 Å². The molecule has 0 radical (unpaired) electrons. The summed E-state index contributed by atoms with van der Waals surface area (Å²) in [7, 11) is 1.44. The molecule has 0 aromatic rings. The number of nitrogens with one attached hydrogen (secondary N) is 3. The number of amides is 4. The van der Waals surface area contributed by atoms with Crippen molar-refractivity contribution >= 4 is 12.1 Å². The topological polar surface area (TPSA) is 126 Å². The molecule has 4 amide bonds. The second-order valence-electron chi connectivity index (χ2n) is 3.14. The van der Waals surface area contributed by atoms with Gasteiger partial charge in [-0.3, -0.25) is 32.3 Å². The van der Waals surface area contributed by atoms with E-state index in [0.29, 0.717) is 0 Å². The Balaban J connectivity index is 2.45. The number of likely N-dealkylation sites (N-methyl/N-ethyl adjacent to an activating group) is 1. The first-order chi connectivity index (χ1) is 5.89. The minimum atomic E-state index is -1.45. The second kappa shape index (κ2) is 1.86. The van der Waals surface area contributed by atoms with Gasteiger partial charge in [-0.1, -0.05) is 0 Å². The zero-order chi connectivity index (χ0) is 9.85. The smallest absolute Gasteiger partial charge is 0.298 e. The molecule has 2 fully saturated rings. The van der Waals surface area contributed by atoms with Crippen LogP contribution >= 0.6 is 0 Å². The monoisotopic (exact) mass is 186 g/mol. The first-order valence-electron chi connectivity index (χ1n) is 3.63. The predicted molar refractivity (Wildman–Crippen MR) is 41.8 cm³/mol. The summed E-state index contributed by atoms with van der Waals surface area (Å²) < 4.78 is 0. The molecular weight excluding hydrogens is 176 g/mol. The molecule has 2 aliphatic heterocycles. The molecule has 0 aromatic heterocycles. The molecule has 0 saturated carbocycles. The fraction of sp³-hybridized carbons (Fsp3) is 0.600. The molecule has 2 unspecified atom stereocenters. The molecule has 0 aliphatic carbocycles. The predicted octanol–water partition coefficient (Wildman–Crippen LogP) is -2.82. The molecule has 7 N–H and O–H groups in total. The molecule has 2 aliphatic rings. The van der Waals surface area contributed by atoms with E-state index in [9.17, 15) is 9.59 Å². The van der Waals surface area contributed by atoms with Gasteiger partial charge in [-0.15, -0.1) is 0 Å². The Morgan fingerprint density at radius 1 is 1.23 bits per heavy atom. The van der Waals surface area contributed by atoms with E-state index < -0.39 is 23.6 Å². The van der Waals surface area contributed by atoms with Crippen molar-refractivity contribution < 1.29 is 9.59 Å². The third-order valence-corrected chi connectivity index (χ3v) is 2.35. The van der Waals surface area contributed by atoms with E-state index in [4.69, 9.17) is 11.5 Å². The van der Waals surface area contributed by atoms with Gasteiger partial charge in [0.2, 0.25) is 11.6 Å². The Kier molecular flexibility index (Phi) is 1.15. The molecule has 8 heteroatoms. The van der Waals surface area contributed by atoms with Crippen LogP contribution < -0.4 is 27.4 Å². The number of fused-ring (bicyclic) bond motifs is 1. The van der Waals surface area contributed by atoms with Crippen molar-refractivity contribution in [1.29, 1.82) is 0 Å². The van der Waals surface area contributed by atoms with Crippen LogP contribution in [0.3, 0.4) is 0 Å². The van der Waals surface area contributed by atoms with Crippen molar-refractivity contribution in [3.05, 3.63) is 0 Å². The van der Waals surface area contributed by atoms with E-state index in [1.54, 1.807) is 0 Å². The van der Waals surface area contributed by atoms with E-state index in [0.717, 1.165) is 4.90 Å². The normalized spacial score (nSPS) is 42.5. The van der Waals surface area contributed by atoms with E-state index in [1.165, 1.54) is 7.05 Å². The van der Waals surface area contributed by atoms with Gasteiger partial charge in [-0.05, 0) is 0 Å². The number of rotatable bonds is 0. The van der Waals surface area contributed by atoms with Crippen molar-refractivity contribution in [3.63, 3.8) is 0 Å². The van der Waals surface area contributed by atoms with Crippen LogP contribution in [-0.2, 0) is 0 Å². The third-order valence-electron chi connectivity index (χ3n) is 2.35. The van der Waals surface area contributed by atoms with Crippen LogP contribution in [0.1, 0.15) is 0 Å². The van der Waals surface area contributed by atoms with Crippen LogP contribution in [0.5, 0.6) is 0 Å². The van der Waals surface area contributed by atoms with E-state index >= 15 is 0 Å². The molecule has 2 atom stereocenters. The van der Waals surface area contributed by atoms with Gasteiger partial charge in [0.25, 0.3) is 0 Å². The summed E-state index contributed by atoms with van der Waals surface area (Å²) in [6.45, 7) is 0. The number of carbonyl (C=O) groups is 2. The number of hydrogen-bond donors (Lipinski definition) is 5. The van der Waals surface area contributed by atoms with Gasteiger partial charge < -0.3 is 0 Å². The summed E-state index contributed by atoms with van der Waals surface area (Å²) in [5.41, 5.74) is 11.4. The standard InChI is InChI=1S/C5H10N6O2/c1-11-3(13)10-4(6)5(11,7)9-2(12)8-4/h6-7H2,1H3,(H,10,13)(H2,8,9,12). The zero-order valence-corrected chi connectivity index (χ0v) is 6.92. The van der Waals surface area contributed by atoms with Crippen molar-refractivity contribution in [1.82, 2.24) is 20.9 Å². The van der Waals surface area contributed by atoms with Crippen molar-refractivity contribution in [2.45, 2.75) is 11.6 Å². The summed E-state index contributed by atoms with van der Waals surface area (Å²) in [4.78, 5) is 23.3. The molecule has 8 nitrogen and oxygen atoms in total. The Morgan fingerprint density at radius 2 is 1.85 bits per heavy atom. The lowest BCUT2D eigenvalue weighted by molar-refractivity contribution is 0.116. The first kappa shape index (κ1) is 8.08. The fourth-order valence-corrected chi connectivity index (χ4v) is 1.46. The summed E-state index contributed by atoms with van der Waals surface area (Å²) in [6, 6.07) is -0.964. The van der Waals surface area contributed by atoms with Crippen LogP contribution in [0.15, 0.2) is 0 Å². The lowest BCUT2D eigenvalue weighted by Gasteiger charge is -2.33. The lowest BCUT2D eigenvalue weighted by Crippen LogP contribution is -2.76. The molecule has 13 heavy (non-hydrogen) atoms. The van der Waals surface area contributed by atoms with Gasteiger partial charge >= 0.3 is 12.1 Å². The van der Waals surface area contributed by atoms with E-state index in [2.05, 4.69) is 16.0 Å². The molecule has 72 valence electrons. The highest BCUT2D eigenvalue weighted by Gasteiger charge is 2.64. The summed E-state index contributed by atoms with van der Waals surface area (Å²) in [6.07, 6.45) is 0. The maximum Gasteiger partial charge on any atom is 0.323 e. The molecule has 2 rings (SSSR count). The number of hydrogen-bond acceptors (Lipinski definition) is 4. The quantitative estimate of drug-likeness (QED) is 0.279. The number of nitrogens with zero attached hydrogens (tertiary/aromatic N) is 1. The lowest BCUT2D eigenvalue weighted by atomic mass is 10.2. The summed E-state index contributed by atoms with van der Waals surface area (Å²) in [5.74, 6) is -2.86. The van der Waals surface area contributed by atoms with Gasteiger partial charge in [-0.25, -0.2) is 9.59 Å². The van der Waals surface area contributed by atoms with E-state index in [-0.39, 0.29) is 0 Å². The highest BCUT2D eigenvalue weighted by atomic mass is 16.2. The van der Waals surface area contributed by atoms with Gasteiger partial charge in [0.05, 0.1) is 0 Å². The average molecular weight is 186 g/mol. The maximum absolute atomic E-state index is 11.2. The number of urea groups is 2. The van der Waals surface area contributed by atoms with Crippen LogP contribution in [0.2, 0.25) is 0 Å². The molecule has 0 bridgehead atoms. The average Bonchev–Trinajstić information content (AvgIpc) is 2.28. The van der Waals surface area contributed by atoms with Crippen LogP contribution in [0.4, 0.5) is 9.59 Å². The highest BCUT2D eigenvalue weighted by Crippen LogP contribution is 2.24. The second-order valence-corrected chi connectivity index (χ2v) is 3.14. The molecular formula is C5H10N6O2. The van der Waals surface area contributed by atoms with E-state index in [1.807, 2.05) is 0 Å². The molecule has 0 spiro atoms. The van der Waals surface area contributed by atoms with Crippen LogP contribution in [0.25, 0.3) is 0 Å².